The van der Waals surface area contributed by atoms with Gasteiger partial charge in [0.2, 0.25) is 0 Å². The molecule has 1 radical (unpaired) electrons. The molecule has 0 heterocycles. The molecule has 0 fully saturated rings. The molecule has 0 aromatic rings. The van der Waals surface area contributed by atoms with Gasteiger partial charge >= 0.3 is 0 Å². The standard InChI is InChI=1S/C9H16N/c1-4-7-10(8-5-2)9-6-3/h4-5,9H,1-2,6-8H2,3H3. The van der Waals surface area contributed by atoms with Gasteiger partial charge in [0.1, 0.15) is 0 Å². The summed E-state index contributed by atoms with van der Waals surface area (Å²) in [5.74, 6) is 0. The van der Waals surface area contributed by atoms with E-state index in [1.54, 1.807) is 0 Å². The Morgan fingerprint density at radius 1 is 1.20 bits per heavy atom. The number of hydrogen-bond donors (Lipinski definition) is 0. The van der Waals surface area contributed by atoms with Gasteiger partial charge in [-0.3, -0.25) is 4.90 Å². The Hall–Kier alpha value is -0.560. The lowest BCUT2D eigenvalue weighted by Gasteiger charge is -2.16. The third kappa shape index (κ3) is 4.33. The van der Waals surface area contributed by atoms with Crippen molar-refractivity contribution < 1.29 is 0 Å². The second-order valence-electron chi connectivity index (χ2n) is 2.12. The minimum atomic E-state index is 0.917. The highest BCUT2D eigenvalue weighted by Gasteiger charge is 1.96. The van der Waals surface area contributed by atoms with Crippen molar-refractivity contribution >= 4 is 0 Å². The molecule has 0 rings (SSSR count). The monoisotopic (exact) mass is 138 g/mol. The summed E-state index contributed by atoms with van der Waals surface area (Å²) < 4.78 is 0. The summed E-state index contributed by atoms with van der Waals surface area (Å²) in [6, 6.07) is 0. The fourth-order valence-corrected chi connectivity index (χ4v) is 0.813. The zero-order valence-corrected chi connectivity index (χ0v) is 6.71. The summed E-state index contributed by atoms with van der Waals surface area (Å²) in [6.45, 7) is 13.5. The summed E-state index contributed by atoms with van der Waals surface area (Å²) in [5, 5.41) is 0. The number of hydrogen-bond acceptors (Lipinski definition) is 1. The van der Waals surface area contributed by atoms with Gasteiger partial charge in [-0.25, -0.2) is 0 Å². The molecule has 0 spiro atoms. The van der Waals surface area contributed by atoms with Gasteiger partial charge in [-0.2, -0.15) is 0 Å². The van der Waals surface area contributed by atoms with E-state index in [2.05, 4.69) is 31.5 Å². The molecule has 0 aromatic heterocycles. The van der Waals surface area contributed by atoms with Crippen LogP contribution in [0.3, 0.4) is 0 Å². The van der Waals surface area contributed by atoms with E-state index >= 15 is 0 Å². The molecule has 10 heavy (non-hydrogen) atoms. The number of rotatable bonds is 6. The van der Waals surface area contributed by atoms with Crippen molar-refractivity contribution in [2.45, 2.75) is 13.3 Å². The molecule has 1 heteroatoms. The molecule has 0 aromatic carbocycles. The maximum Gasteiger partial charge on any atom is 0.0255 e. The van der Waals surface area contributed by atoms with Crippen molar-refractivity contribution in [2.75, 3.05) is 13.1 Å². The molecule has 0 aliphatic carbocycles. The van der Waals surface area contributed by atoms with Crippen molar-refractivity contribution in [3.05, 3.63) is 31.9 Å². The van der Waals surface area contributed by atoms with Crippen LogP contribution in [-0.4, -0.2) is 18.0 Å². The second kappa shape index (κ2) is 6.56. The average molecular weight is 138 g/mol. The third-order valence-corrected chi connectivity index (χ3v) is 1.17. The second-order valence-corrected chi connectivity index (χ2v) is 2.12. The van der Waals surface area contributed by atoms with Crippen LogP contribution in [0.4, 0.5) is 0 Å². The summed E-state index contributed by atoms with van der Waals surface area (Å²) in [7, 11) is 0. The van der Waals surface area contributed by atoms with E-state index in [-0.39, 0.29) is 0 Å². The highest BCUT2D eigenvalue weighted by molar-refractivity contribution is 4.83. The van der Waals surface area contributed by atoms with Crippen LogP contribution in [0.5, 0.6) is 0 Å². The van der Waals surface area contributed by atoms with Crippen LogP contribution in [0.1, 0.15) is 13.3 Å². The molecular formula is C9H16N. The predicted molar refractivity (Wildman–Crippen MR) is 46.6 cm³/mol. The van der Waals surface area contributed by atoms with Crippen LogP contribution in [0.15, 0.2) is 25.3 Å². The zero-order chi connectivity index (χ0) is 7.82. The van der Waals surface area contributed by atoms with Gasteiger partial charge in [-0.15, -0.1) is 13.2 Å². The molecule has 0 atom stereocenters. The molecule has 57 valence electrons. The first-order chi connectivity index (χ1) is 4.85. The van der Waals surface area contributed by atoms with Gasteiger partial charge in [-0.05, 0) is 6.42 Å². The third-order valence-electron chi connectivity index (χ3n) is 1.17. The van der Waals surface area contributed by atoms with Gasteiger partial charge < -0.3 is 0 Å². The van der Waals surface area contributed by atoms with Gasteiger partial charge in [0, 0.05) is 19.6 Å². The molecule has 0 N–H and O–H groups in total. The van der Waals surface area contributed by atoms with Crippen LogP contribution in [0, 0.1) is 6.54 Å². The van der Waals surface area contributed by atoms with Crippen LogP contribution in [0.2, 0.25) is 0 Å². The highest BCUT2D eigenvalue weighted by Crippen LogP contribution is 1.96. The lowest BCUT2D eigenvalue weighted by molar-refractivity contribution is 0.400. The van der Waals surface area contributed by atoms with Crippen molar-refractivity contribution in [1.82, 2.24) is 4.90 Å². The zero-order valence-electron chi connectivity index (χ0n) is 6.71. The summed E-state index contributed by atoms with van der Waals surface area (Å²) in [6.07, 6.45) is 4.87. The van der Waals surface area contributed by atoms with E-state index in [9.17, 15) is 0 Å². The van der Waals surface area contributed by atoms with Crippen LogP contribution < -0.4 is 0 Å². The van der Waals surface area contributed by atoms with Crippen molar-refractivity contribution in [1.29, 1.82) is 0 Å². The van der Waals surface area contributed by atoms with E-state index in [1.807, 2.05) is 12.2 Å². The Bertz CT molecular complexity index is 86.9. The maximum atomic E-state index is 3.67. The SMILES string of the molecule is C=CCN([CH]CC)CC=C. The van der Waals surface area contributed by atoms with Gasteiger partial charge in [0.15, 0.2) is 0 Å². The summed E-state index contributed by atoms with van der Waals surface area (Å²) in [5.41, 5.74) is 0. The average Bonchev–Trinajstić information content (AvgIpc) is 1.90. The van der Waals surface area contributed by atoms with E-state index in [0.717, 1.165) is 19.5 Å². The normalized spacial score (nSPS) is 9.80. The molecule has 0 unspecified atom stereocenters. The quantitative estimate of drug-likeness (QED) is 0.509. The Balaban J connectivity index is 3.48. The fraction of sp³-hybridized carbons (Fsp3) is 0.444. The summed E-state index contributed by atoms with van der Waals surface area (Å²) in [4.78, 5) is 2.18. The Morgan fingerprint density at radius 2 is 1.70 bits per heavy atom. The van der Waals surface area contributed by atoms with E-state index < -0.39 is 0 Å². The van der Waals surface area contributed by atoms with Crippen molar-refractivity contribution in [2.24, 2.45) is 0 Å². The van der Waals surface area contributed by atoms with Crippen LogP contribution in [0.25, 0.3) is 0 Å². The molecule has 0 saturated carbocycles. The Morgan fingerprint density at radius 3 is 2.00 bits per heavy atom. The Kier molecular flexibility index (Phi) is 6.19. The first kappa shape index (κ1) is 9.44. The molecule has 0 amide bonds. The molecular weight excluding hydrogens is 122 g/mol. The van der Waals surface area contributed by atoms with E-state index in [1.165, 1.54) is 0 Å². The molecule has 0 saturated heterocycles. The van der Waals surface area contributed by atoms with Gasteiger partial charge in [0.25, 0.3) is 0 Å². The topological polar surface area (TPSA) is 3.24 Å². The number of nitrogens with zero attached hydrogens (tertiary/aromatic N) is 1. The predicted octanol–water partition coefficient (Wildman–Crippen LogP) is 2.23. The Labute approximate surface area is 64.0 Å². The van der Waals surface area contributed by atoms with Crippen molar-refractivity contribution in [3.8, 4) is 0 Å². The van der Waals surface area contributed by atoms with Gasteiger partial charge in [-0.1, -0.05) is 19.1 Å². The smallest absolute Gasteiger partial charge is 0.0255 e. The minimum absolute atomic E-state index is 0.917. The molecule has 0 bridgehead atoms. The van der Waals surface area contributed by atoms with Crippen LogP contribution in [-0.2, 0) is 0 Å². The molecule has 0 aliphatic rings. The lowest BCUT2D eigenvalue weighted by Crippen LogP contribution is -2.20. The van der Waals surface area contributed by atoms with Crippen LogP contribution >= 0.6 is 0 Å². The molecule has 0 aliphatic heterocycles. The molecule has 1 nitrogen and oxygen atoms in total. The van der Waals surface area contributed by atoms with E-state index in [0.29, 0.717) is 0 Å². The minimum Gasteiger partial charge on any atom is -0.292 e. The maximum absolute atomic E-state index is 3.67. The fourth-order valence-electron chi connectivity index (χ4n) is 0.813. The lowest BCUT2D eigenvalue weighted by atomic mass is 10.4. The highest BCUT2D eigenvalue weighted by atomic mass is 15.1. The van der Waals surface area contributed by atoms with Gasteiger partial charge in [0.05, 0.1) is 0 Å². The van der Waals surface area contributed by atoms with E-state index in [4.69, 9.17) is 0 Å². The largest absolute Gasteiger partial charge is 0.292 e. The van der Waals surface area contributed by atoms with Crippen molar-refractivity contribution in [3.63, 3.8) is 0 Å². The first-order valence-electron chi connectivity index (χ1n) is 3.64. The first-order valence-corrected chi connectivity index (χ1v) is 3.64. The summed E-state index contributed by atoms with van der Waals surface area (Å²) >= 11 is 0.